The summed E-state index contributed by atoms with van der Waals surface area (Å²) in [5.41, 5.74) is 0. The van der Waals surface area contributed by atoms with Crippen molar-refractivity contribution in [3.63, 3.8) is 0 Å². The van der Waals surface area contributed by atoms with Gasteiger partial charge in [-0.2, -0.15) is 0 Å². The van der Waals surface area contributed by atoms with Gasteiger partial charge >= 0.3 is 12.0 Å². The van der Waals surface area contributed by atoms with Gasteiger partial charge in [-0.25, -0.2) is 9.59 Å². The predicted molar refractivity (Wildman–Crippen MR) is 88.5 cm³/mol. The van der Waals surface area contributed by atoms with Crippen molar-refractivity contribution in [3.8, 4) is 5.75 Å². The highest BCUT2D eigenvalue weighted by atomic mass is 16.6. The first kappa shape index (κ1) is 19.5. The summed E-state index contributed by atoms with van der Waals surface area (Å²) < 4.78 is 10.4. The molecule has 0 saturated heterocycles. The molecule has 0 heterocycles. The van der Waals surface area contributed by atoms with Gasteiger partial charge in [0.2, 0.25) is 0 Å². The van der Waals surface area contributed by atoms with Crippen LogP contribution in [0.25, 0.3) is 0 Å². The summed E-state index contributed by atoms with van der Waals surface area (Å²) in [6.45, 7) is 4.96. The van der Waals surface area contributed by atoms with E-state index in [2.05, 4.69) is 10.6 Å². The van der Waals surface area contributed by atoms with Gasteiger partial charge in [0.15, 0.2) is 12.7 Å². The number of ether oxygens (including phenoxy) is 2. The van der Waals surface area contributed by atoms with Crippen LogP contribution in [0.1, 0.15) is 33.6 Å². The molecule has 0 unspecified atom stereocenters. The SMILES string of the molecule is CC[C@H](Oc1ccccc1)C(=O)OCC(=O)NC(=O)N[C@@H](C)CC. The van der Waals surface area contributed by atoms with E-state index in [9.17, 15) is 14.4 Å². The van der Waals surface area contributed by atoms with Gasteiger partial charge in [0.25, 0.3) is 5.91 Å². The second-order valence-corrected chi connectivity index (χ2v) is 5.27. The largest absolute Gasteiger partial charge is 0.479 e. The van der Waals surface area contributed by atoms with Crippen LogP contribution in [0.15, 0.2) is 30.3 Å². The van der Waals surface area contributed by atoms with Gasteiger partial charge in [-0.15, -0.1) is 0 Å². The Kier molecular flexibility index (Phi) is 8.32. The zero-order valence-corrected chi connectivity index (χ0v) is 14.2. The van der Waals surface area contributed by atoms with Crippen molar-refractivity contribution in [3.05, 3.63) is 30.3 Å². The lowest BCUT2D eigenvalue weighted by molar-refractivity contribution is -0.155. The lowest BCUT2D eigenvalue weighted by atomic mass is 10.2. The highest BCUT2D eigenvalue weighted by Crippen LogP contribution is 2.13. The van der Waals surface area contributed by atoms with Crippen LogP contribution in [-0.2, 0) is 14.3 Å². The number of carbonyl (C=O) groups excluding carboxylic acids is 3. The summed E-state index contributed by atoms with van der Waals surface area (Å²) in [4.78, 5) is 35.1. The molecule has 0 fully saturated rings. The van der Waals surface area contributed by atoms with Gasteiger partial charge in [-0.05, 0) is 31.9 Å². The number of hydrogen-bond donors (Lipinski definition) is 2. The van der Waals surface area contributed by atoms with Crippen LogP contribution >= 0.6 is 0 Å². The summed E-state index contributed by atoms with van der Waals surface area (Å²) in [5.74, 6) is -0.809. The summed E-state index contributed by atoms with van der Waals surface area (Å²) >= 11 is 0. The number of hydrogen-bond acceptors (Lipinski definition) is 5. The third-order valence-corrected chi connectivity index (χ3v) is 3.24. The topological polar surface area (TPSA) is 93.7 Å². The lowest BCUT2D eigenvalue weighted by Gasteiger charge is -2.16. The van der Waals surface area contributed by atoms with Gasteiger partial charge in [-0.3, -0.25) is 10.1 Å². The van der Waals surface area contributed by atoms with Crippen molar-refractivity contribution in [2.75, 3.05) is 6.61 Å². The first-order chi connectivity index (χ1) is 11.5. The van der Waals surface area contributed by atoms with Crippen LogP contribution in [0.3, 0.4) is 0 Å². The molecule has 1 rings (SSSR count). The van der Waals surface area contributed by atoms with Crippen molar-refractivity contribution in [1.29, 1.82) is 0 Å². The number of para-hydroxylation sites is 1. The number of benzene rings is 1. The standard InChI is InChI=1S/C17H24N2O5/c1-4-12(3)18-17(22)19-15(20)11-23-16(21)14(5-2)24-13-9-7-6-8-10-13/h6-10,12,14H,4-5,11H2,1-3H3,(H2,18,19,20,22)/t12-,14-/m0/s1. The quantitative estimate of drug-likeness (QED) is 0.708. The van der Waals surface area contributed by atoms with Gasteiger partial charge in [0, 0.05) is 6.04 Å². The summed E-state index contributed by atoms with van der Waals surface area (Å²) in [6.07, 6.45) is 0.323. The maximum Gasteiger partial charge on any atom is 0.347 e. The van der Waals surface area contributed by atoms with Gasteiger partial charge in [0.05, 0.1) is 0 Å². The zero-order valence-electron chi connectivity index (χ0n) is 14.2. The van der Waals surface area contributed by atoms with Crippen LogP contribution in [0, 0.1) is 0 Å². The fourth-order valence-electron chi connectivity index (χ4n) is 1.72. The number of amides is 3. The second-order valence-electron chi connectivity index (χ2n) is 5.27. The Labute approximate surface area is 141 Å². The Morgan fingerprint density at radius 1 is 1.08 bits per heavy atom. The van der Waals surface area contributed by atoms with Gasteiger partial charge in [-0.1, -0.05) is 32.0 Å². The van der Waals surface area contributed by atoms with Crippen LogP contribution < -0.4 is 15.4 Å². The fourth-order valence-corrected chi connectivity index (χ4v) is 1.72. The first-order valence-electron chi connectivity index (χ1n) is 7.94. The summed E-state index contributed by atoms with van der Waals surface area (Å²) in [5, 5.41) is 4.68. The number of imide groups is 1. The van der Waals surface area contributed by atoms with E-state index in [-0.39, 0.29) is 6.04 Å². The van der Waals surface area contributed by atoms with E-state index in [0.717, 1.165) is 6.42 Å². The molecule has 0 aliphatic heterocycles. The molecule has 0 aliphatic rings. The molecular formula is C17H24N2O5. The molecule has 1 aromatic rings. The van der Waals surface area contributed by atoms with E-state index >= 15 is 0 Å². The molecule has 2 atom stereocenters. The number of nitrogens with one attached hydrogen (secondary N) is 2. The average Bonchev–Trinajstić information content (AvgIpc) is 2.58. The second kappa shape index (κ2) is 10.3. The highest BCUT2D eigenvalue weighted by molar-refractivity contribution is 5.95. The van der Waals surface area contributed by atoms with Gasteiger partial charge < -0.3 is 14.8 Å². The van der Waals surface area contributed by atoms with E-state index < -0.39 is 30.6 Å². The van der Waals surface area contributed by atoms with Crippen LogP contribution in [0.4, 0.5) is 4.79 Å². The minimum atomic E-state index is -0.811. The van der Waals surface area contributed by atoms with Crippen LogP contribution in [0.5, 0.6) is 5.75 Å². The number of urea groups is 1. The minimum Gasteiger partial charge on any atom is -0.479 e. The smallest absolute Gasteiger partial charge is 0.347 e. The average molecular weight is 336 g/mol. The third kappa shape index (κ3) is 7.13. The van der Waals surface area contributed by atoms with Gasteiger partial charge in [0.1, 0.15) is 5.75 Å². The van der Waals surface area contributed by atoms with E-state index in [1.54, 1.807) is 31.2 Å². The Bertz CT molecular complexity index is 547. The summed E-state index contributed by atoms with van der Waals surface area (Å²) in [7, 11) is 0. The van der Waals surface area contributed by atoms with Crippen molar-refractivity contribution in [1.82, 2.24) is 10.6 Å². The van der Waals surface area contributed by atoms with Crippen molar-refractivity contribution in [2.45, 2.75) is 45.8 Å². The van der Waals surface area contributed by atoms with E-state index in [1.165, 1.54) is 0 Å². The molecule has 0 aromatic heterocycles. The molecule has 0 bridgehead atoms. The van der Waals surface area contributed by atoms with Crippen molar-refractivity contribution >= 4 is 17.9 Å². The molecule has 132 valence electrons. The van der Waals surface area contributed by atoms with E-state index in [4.69, 9.17) is 9.47 Å². The minimum absolute atomic E-state index is 0.0518. The fraction of sp³-hybridized carbons (Fsp3) is 0.471. The molecule has 24 heavy (non-hydrogen) atoms. The first-order valence-corrected chi connectivity index (χ1v) is 7.94. The predicted octanol–water partition coefficient (Wildman–Crippen LogP) is 2.01. The number of esters is 1. The highest BCUT2D eigenvalue weighted by Gasteiger charge is 2.21. The molecule has 7 heteroatoms. The molecule has 3 amide bonds. The molecule has 0 aliphatic carbocycles. The number of rotatable bonds is 8. The molecule has 2 N–H and O–H groups in total. The van der Waals surface area contributed by atoms with E-state index in [0.29, 0.717) is 12.2 Å². The normalized spacial score (nSPS) is 12.6. The maximum atomic E-state index is 12.0. The lowest BCUT2D eigenvalue weighted by Crippen LogP contribution is -2.45. The molecule has 0 radical (unpaired) electrons. The Balaban J connectivity index is 2.40. The number of carbonyl (C=O) groups is 3. The molecular weight excluding hydrogens is 312 g/mol. The maximum absolute atomic E-state index is 12.0. The zero-order chi connectivity index (χ0) is 17.9. The summed E-state index contributed by atoms with van der Waals surface area (Å²) in [6, 6.07) is 8.19. The van der Waals surface area contributed by atoms with Crippen LogP contribution in [0.2, 0.25) is 0 Å². The van der Waals surface area contributed by atoms with Crippen molar-refractivity contribution < 1.29 is 23.9 Å². The van der Waals surface area contributed by atoms with E-state index in [1.807, 2.05) is 19.9 Å². The monoisotopic (exact) mass is 336 g/mol. The Morgan fingerprint density at radius 3 is 2.33 bits per heavy atom. The Morgan fingerprint density at radius 2 is 1.75 bits per heavy atom. The molecule has 0 saturated carbocycles. The third-order valence-electron chi connectivity index (χ3n) is 3.24. The van der Waals surface area contributed by atoms with Crippen molar-refractivity contribution in [2.24, 2.45) is 0 Å². The Hall–Kier alpha value is -2.57. The van der Waals surface area contributed by atoms with Crippen LogP contribution in [-0.4, -0.2) is 36.7 Å². The molecule has 0 spiro atoms. The molecule has 1 aromatic carbocycles. The molecule has 7 nitrogen and oxygen atoms in total.